The summed E-state index contributed by atoms with van der Waals surface area (Å²) in [6.45, 7) is 8.52. The van der Waals surface area contributed by atoms with E-state index < -0.39 is 0 Å². The van der Waals surface area contributed by atoms with Gasteiger partial charge in [0.25, 0.3) is 0 Å². The lowest BCUT2D eigenvalue weighted by Gasteiger charge is -2.25. The Morgan fingerprint density at radius 3 is 2.57 bits per heavy atom. The third-order valence-electron chi connectivity index (χ3n) is 2.29. The average Bonchev–Trinajstić information content (AvgIpc) is 2.43. The van der Waals surface area contributed by atoms with Crippen LogP contribution in [0.15, 0.2) is 4.52 Å². The lowest BCUT2D eigenvalue weighted by atomic mass is 9.93. The van der Waals surface area contributed by atoms with E-state index in [0.29, 0.717) is 6.54 Å². The molecule has 1 N–H and O–H groups in total. The van der Waals surface area contributed by atoms with Gasteiger partial charge in [-0.25, -0.2) is 0 Å². The molecule has 0 aliphatic heterocycles. The second-order valence-corrected chi connectivity index (χ2v) is 3.88. The van der Waals surface area contributed by atoms with Gasteiger partial charge in [-0.15, -0.1) is 6.42 Å². The largest absolute Gasteiger partial charge is 0.361 e. The van der Waals surface area contributed by atoms with Crippen molar-refractivity contribution >= 4 is 0 Å². The predicted molar refractivity (Wildman–Crippen MR) is 55.8 cm³/mol. The third-order valence-corrected chi connectivity index (χ3v) is 2.29. The standard InChI is InChI=1S/C11H16N2O/c1-6-7-12-11(4,5)10-8(2)13-14-9(10)3/h1,12H,7H2,2-5H3. The topological polar surface area (TPSA) is 38.1 Å². The Labute approximate surface area is 84.9 Å². The zero-order valence-corrected chi connectivity index (χ0v) is 9.14. The maximum absolute atomic E-state index is 5.21. The van der Waals surface area contributed by atoms with Crippen LogP contribution in [0.1, 0.15) is 30.9 Å². The summed E-state index contributed by atoms with van der Waals surface area (Å²) >= 11 is 0. The van der Waals surface area contributed by atoms with Gasteiger partial charge in [-0.05, 0) is 27.7 Å². The van der Waals surface area contributed by atoms with Crippen LogP contribution in [0.3, 0.4) is 0 Å². The molecule has 1 heterocycles. The molecule has 0 spiro atoms. The van der Waals surface area contributed by atoms with Gasteiger partial charge in [0.15, 0.2) is 0 Å². The lowest BCUT2D eigenvalue weighted by molar-refractivity contribution is 0.380. The Morgan fingerprint density at radius 1 is 1.50 bits per heavy atom. The van der Waals surface area contributed by atoms with Gasteiger partial charge in [-0.3, -0.25) is 5.32 Å². The van der Waals surface area contributed by atoms with E-state index in [-0.39, 0.29) is 5.54 Å². The molecule has 3 nitrogen and oxygen atoms in total. The fraction of sp³-hybridized carbons (Fsp3) is 0.545. The predicted octanol–water partition coefficient (Wildman–Crippen LogP) is 1.75. The minimum absolute atomic E-state index is 0.194. The number of aromatic nitrogens is 1. The summed E-state index contributed by atoms with van der Waals surface area (Å²) < 4.78 is 5.12. The van der Waals surface area contributed by atoms with Crippen molar-refractivity contribution in [1.82, 2.24) is 10.5 Å². The van der Waals surface area contributed by atoms with Crippen LogP contribution in [-0.2, 0) is 5.54 Å². The van der Waals surface area contributed by atoms with Gasteiger partial charge in [-0.2, -0.15) is 0 Å². The molecule has 76 valence electrons. The minimum atomic E-state index is -0.194. The Bertz CT molecular complexity index is 338. The maximum Gasteiger partial charge on any atom is 0.138 e. The summed E-state index contributed by atoms with van der Waals surface area (Å²) in [7, 11) is 0. The smallest absolute Gasteiger partial charge is 0.138 e. The zero-order chi connectivity index (χ0) is 10.8. The van der Waals surface area contributed by atoms with E-state index in [1.54, 1.807) is 0 Å². The first-order valence-electron chi connectivity index (χ1n) is 4.61. The van der Waals surface area contributed by atoms with Crippen molar-refractivity contribution in [3.05, 3.63) is 17.0 Å². The summed E-state index contributed by atoms with van der Waals surface area (Å²) in [6.07, 6.45) is 5.21. The molecular weight excluding hydrogens is 176 g/mol. The first kappa shape index (κ1) is 10.8. The Morgan fingerprint density at radius 2 is 2.14 bits per heavy atom. The zero-order valence-electron chi connectivity index (χ0n) is 9.14. The van der Waals surface area contributed by atoms with Gasteiger partial charge in [0.1, 0.15) is 5.76 Å². The molecule has 0 saturated heterocycles. The molecule has 0 atom stereocenters. The van der Waals surface area contributed by atoms with Gasteiger partial charge in [0.05, 0.1) is 12.2 Å². The highest BCUT2D eigenvalue weighted by Gasteiger charge is 2.26. The van der Waals surface area contributed by atoms with Crippen molar-refractivity contribution in [2.24, 2.45) is 0 Å². The van der Waals surface area contributed by atoms with Gasteiger partial charge >= 0.3 is 0 Å². The van der Waals surface area contributed by atoms with Crippen molar-refractivity contribution in [2.45, 2.75) is 33.2 Å². The summed E-state index contributed by atoms with van der Waals surface area (Å²) in [6, 6.07) is 0. The van der Waals surface area contributed by atoms with Gasteiger partial charge in [0.2, 0.25) is 0 Å². The van der Waals surface area contributed by atoms with Gasteiger partial charge in [-0.1, -0.05) is 11.1 Å². The second kappa shape index (κ2) is 3.85. The number of rotatable bonds is 3. The van der Waals surface area contributed by atoms with Crippen molar-refractivity contribution in [3.63, 3.8) is 0 Å². The van der Waals surface area contributed by atoms with Crippen molar-refractivity contribution in [2.75, 3.05) is 6.54 Å². The van der Waals surface area contributed by atoms with E-state index in [4.69, 9.17) is 10.9 Å². The fourth-order valence-corrected chi connectivity index (χ4v) is 1.74. The normalized spacial score (nSPS) is 11.4. The summed E-state index contributed by atoms with van der Waals surface area (Å²) in [5.74, 6) is 3.41. The molecule has 14 heavy (non-hydrogen) atoms. The lowest BCUT2D eigenvalue weighted by Crippen LogP contribution is -2.37. The Hall–Kier alpha value is -1.27. The summed E-state index contributed by atoms with van der Waals surface area (Å²) in [5, 5.41) is 7.18. The molecule has 0 bridgehead atoms. The number of aryl methyl sites for hydroxylation is 2. The number of hydrogen-bond donors (Lipinski definition) is 1. The van der Waals surface area contributed by atoms with E-state index in [1.807, 2.05) is 13.8 Å². The van der Waals surface area contributed by atoms with E-state index >= 15 is 0 Å². The molecule has 0 aromatic carbocycles. The molecule has 0 unspecified atom stereocenters. The molecule has 3 heteroatoms. The van der Waals surface area contributed by atoms with Gasteiger partial charge in [0, 0.05) is 11.1 Å². The third kappa shape index (κ3) is 1.97. The maximum atomic E-state index is 5.21. The molecule has 0 aliphatic carbocycles. The Kier molecular flexibility index (Phi) is 2.97. The van der Waals surface area contributed by atoms with Crippen LogP contribution in [0.4, 0.5) is 0 Å². The van der Waals surface area contributed by atoms with Crippen molar-refractivity contribution in [1.29, 1.82) is 0 Å². The number of nitrogens with one attached hydrogen (secondary N) is 1. The molecule has 0 saturated carbocycles. The number of terminal acetylenes is 1. The summed E-state index contributed by atoms with van der Waals surface area (Å²) in [5.41, 5.74) is 1.81. The molecule has 1 rings (SSSR count). The highest BCUT2D eigenvalue weighted by molar-refractivity contribution is 5.28. The fourth-order valence-electron chi connectivity index (χ4n) is 1.74. The highest BCUT2D eigenvalue weighted by Crippen LogP contribution is 2.26. The van der Waals surface area contributed by atoms with Crippen LogP contribution < -0.4 is 5.32 Å². The average molecular weight is 192 g/mol. The second-order valence-electron chi connectivity index (χ2n) is 3.88. The molecule has 0 aliphatic rings. The van der Waals surface area contributed by atoms with E-state index in [0.717, 1.165) is 17.0 Å². The molecule has 0 radical (unpaired) electrons. The van der Waals surface area contributed by atoms with E-state index in [1.165, 1.54) is 0 Å². The van der Waals surface area contributed by atoms with Crippen molar-refractivity contribution in [3.8, 4) is 12.3 Å². The Balaban J connectivity index is 2.97. The monoisotopic (exact) mass is 192 g/mol. The summed E-state index contributed by atoms with van der Waals surface area (Å²) in [4.78, 5) is 0. The minimum Gasteiger partial charge on any atom is -0.361 e. The number of nitrogens with zero attached hydrogens (tertiary/aromatic N) is 1. The molecule has 1 aromatic heterocycles. The van der Waals surface area contributed by atoms with Crippen LogP contribution in [0.25, 0.3) is 0 Å². The molecular formula is C11H16N2O. The first-order chi connectivity index (χ1) is 6.49. The van der Waals surface area contributed by atoms with Crippen LogP contribution in [-0.4, -0.2) is 11.7 Å². The van der Waals surface area contributed by atoms with Gasteiger partial charge < -0.3 is 4.52 Å². The highest BCUT2D eigenvalue weighted by atomic mass is 16.5. The quantitative estimate of drug-likeness (QED) is 0.741. The van der Waals surface area contributed by atoms with Crippen LogP contribution in [0, 0.1) is 26.2 Å². The molecule has 1 aromatic rings. The molecule has 0 fully saturated rings. The number of hydrogen-bond acceptors (Lipinski definition) is 3. The first-order valence-corrected chi connectivity index (χ1v) is 4.61. The molecule has 0 amide bonds. The van der Waals surface area contributed by atoms with Crippen LogP contribution >= 0.6 is 0 Å². The van der Waals surface area contributed by atoms with Crippen LogP contribution in [0.2, 0.25) is 0 Å². The van der Waals surface area contributed by atoms with Crippen molar-refractivity contribution < 1.29 is 4.52 Å². The van der Waals surface area contributed by atoms with E-state index in [2.05, 4.69) is 30.2 Å². The van der Waals surface area contributed by atoms with E-state index in [9.17, 15) is 0 Å². The van der Waals surface area contributed by atoms with Crippen LogP contribution in [0.5, 0.6) is 0 Å². The SMILES string of the molecule is C#CCNC(C)(C)c1c(C)noc1C.